The molecule has 0 radical (unpaired) electrons. The van der Waals surface area contributed by atoms with E-state index >= 15 is 0 Å². The molecular formula is C24H21N5O8S. The predicted octanol–water partition coefficient (Wildman–Crippen LogP) is 3.95. The Kier molecular flexibility index (Phi) is 7.74. The number of benzene rings is 3. The smallest absolute Gasteiger partial charge is 0.343 e. The number of carbonyl (C=O) groups excluding carboxylic acids is 1. The molecule has 196 valence electrons. The number of rotatable bonds is 9. The quantitative estimate of drug-likeness (QED) is 0.139. The van der Waals surface area contributed by atoms with E-state index in [9.17, 15) is 33.4 Å². The van der Waals surface area contributed by atoms with Crippen LogP contribution in [0.5, 0.6) is 5.75 Å². The molecule has 0 bridgehead atoms. The number of nitrogens with one attached hydrogen (secondary N) is 1. The summed E-state index contributed by atoms with van der Waals surface area (Å²) in [7, 11) is -3.81. The number of anilines is 1. The Morgan fingerprint density at radius 3 is 2.34 bits per heavy atom. The van der Waals surface area contributed by atoms with E-state index in [1.165, 1.54) is 53.0 Å². The molecule has 3 aromatic carbocycles. The molecule has 3 aromatic rings. The number of nitro groups is 2. The van der Waals surface area contributed by atoms with E-state index in [1.807, 2.05) is 0 Å². The fourth-order valence-corrected chi connectivity index (χ4v) is 5.24. The van der Waals surface area contributed by atoms with Crippen molar-refractivity contribution in [2.45, 2.75) is 17.7 Å². The molecular weight excluding hydrogens is 518 g/mol. The average Bonchev–Trinajstić information content (AvgIpc) is 3.46. The van der Waals surface area contributed by atoms with Gasteiger partial charge in [-0.2, -0.15) is 9.41 Å². The highest BCUT2D eigenvalue weighted by atomic mass is 32.2. The number of sulfonamides is 1. The summed E-state index contributed by atoms with van der Waals surface area (Å²) in [5.74, 6) is -0.573. The standard InChI is InChI=1S/C24H21N5O8S/c30-24(18-4-3-5-19(14-18)28(31)32)37-20-8-6-17(7-9-20)16-25-26-22-11-10-21(15-23(22)29(33)34)38(35,36)27-12-1-2-13-27/h3-11,14-16,26H,1-2,12-13H2. The van der Waals surface area contributed by atoms with Crippen LogP contribution in [0, 0.1) is 20.2 Å². The molecule has 0 atom stereocenters. The first-order valence-corrected chi connectivity index (χ1v) is 12.7. The van der Waals surface area contributed by atoms with Crippen molar-refractivity contribution in [3.05, 3.63) is 98.1 Å². The van der Waals surface area contributed by atoms with Crippen LogP contribution in [-0.4, -0.2) is 47.8 Å². The number of esters is 1. The summed E-state index contributed by atoms with van der Waals surface area (Å²) >= 11 is 0. The lowest BCUT2D eigenvalue weighted by Crippen LogP contribution is -2.27. The van der Waals surface area contributed by atoms with Crippen molar-refractivity contribution in [2.24, 2.45) is 5.10 Å². The summed E-state index contributed by atoms with van der Waals surface area (Å²) in [4.78, 5) is 33.3. The van der Waals surface area contributed by atoms with Crippen LogP contribution in [-0.2, 0) is 10.0 Å². The van der Waals surface area contributed by atoms with Crippen LogP contribution < -0.4 is 10.2 Å². The van der Waals surface area contributed by atoms with E-state index in [-0.39, 0.29) is 27.6 Å². The van der Waals surface area contributed by atoms with Crippen molar-refractivity contribution in [3.63, 3.8) is 0 Å². The van der Waals surface area contributed by atoms with Gasteiger partial charge in [-0.15, -0.1) is 0 Å². The van der Waals surface area contributed by atoms with Gasteiger partial charge in [0.05, 0.1) is 26.5 Å². The average molecular weight is 540 g/mol. The second kappa shape index (κ2) is 11.1. The van der Waals surface area contributed by atoms with Crippen LogP contribution >= 0.6 is 0 Å². The lowest BCUT2D eigenvalue weighted by atomic mass is 10.2. The van der Waals surface area contributed by atoms with Crippen molar-refractivity contribution in [2.75, 3.05) is 18.5 Å². The summed E-state index contributed by atoms with van der Waals surface area (Å²) in [5.41, 5.74) is 2.47. The first-order chi connectivity index (χ1) is 18.1. The number of hydrogen-bond acceptors (Lipinski definition) is 10. The normalized spacial score (nSPS) is 13.9. The molecule has 1 aliphatic heterocycles. The molecule has 38 heavy (non-hydrogen) atoms. The van der Waals surface area contributed by atoms with Gasteiger partial charge < -0.3 is 4.74 Å². The fourth-order valence-electron chi connectivity index (χ4n) is 3.71. The molecule has 1 fully saturated rings. The van der Waals surface area contributed by atoms with Crippen LogP contribution in [0.2, 0.25) is 0 Å². The Bertz CT molecular complexity index is 1520. The highest BCUT2D eigenvalue weighted by molar-refractivity contribution is 7.89. The SMILES string of the molecule is O=C(Oc1ccc(C=NNc2ccc(S(=O)(=O)N3CCCC3)cc2[N+](=O)[O-])cc1)c1cccc([N+](=O)[O-])c1. The molecule has 1 aliphatic rings. The molecule has 1 heterocycles. The van der Waals surface area contributed by atoms with Crippen molar-refractivity contribution >= 4 is 39.3 Å². The van der Waals surface area contributed by atoms with E-state index in [2.05, 4.69) is 10.5 Å². The Hall–Kier alpha value is -4.69. The third-order valence-corrected chi connectivity index (χ3v) is 7.55. The third kappa shape index (κ3) is 5.99. The van der Waals surface area contributed by atoms with Gasteiger partial charge in [-0.1, -0.05) is 6.07 Å². The zero-order valence-corrected chi connectivity index (χ0v) is 20.5. The summed E-state index contributed by atoms with van der Waals surface area (Å²) in [5, 5.41) is 26.4. The van der Waals surface area contributed by atoms with E-state index in [4.69, 9.17) is 4.74 Å². The van der Waals surface area contributed by atoms with Crippen LogP contribution in [0.1, 0.15) is 28.8 Å². The van der Waals surface area contributed by atoms with Gasteiger partial charge >= 0.3 is 5.97 Å². The zero-order valence-electron chi connectivity index (χ0n) is 19.7. The van der Waals surface area contributed by atoms with Crippen molar-refractivity contribution in [1.82, 2.24) is 4.31 Å². The van der Waals surface area contributed by atoms with Gasteiger partial charge in [0.2, 0.25) is 10.0 Å². The second-order valence-corrected chi connectivity index (χ2v) is 10.1. The Morgan fingerprint density at radius 1 is 0.974 bits per heavy atom. The number of nitrogens with zero attached hydrogens (tertiary/aromatic N) is 4. The molecule has 0 saturated carbocycles. The number of hydrogen-bond donors (Lipinski definition) is 1. The van der Waals surface area contributed by atoms with E-state index < -0.39 is 31.5 Å². The lowest BCUT2D eigenvalue weighted by Gasteiger charge is -2.15. The molecule has 0 aromatic heterocycles. The molecule has 13 nitrogen and oxygen atoms in total. The van der Waals surface area contributed by atoms with E-state index in [0.29, 0.717) is 18.7 Å². The maximum Gasteiger partial charge on any atom is 0.343 e. The van der Waals surface area contributed by atoms with E-state index in [1.54, 1.807) is 12.1 Å². The van der Waals surface area contributed by atoms with Crippen molar-refractivity contribution in [3.8, 4) is 5.75 Å². The number of non-ortho nitro benzene ring substituents is 1. The predicted molar refractivity (Wildman–Crippen MR) is 137 cm³/mol. The second-order valence-electron chi connectivity index (χ2n) is 8.18. The van der Waals surface area contributed by atoms with Crippen LogP contribution in [0.15, 0.2) is 76.7 Å². The molecule has 1 N–H and O–H groups in total. The molecule has 0 aliphatic carbocycles. The van der Waals surface area contributed by atoms with Gasteiger partial charge in [-0.3, -0.25) is 25.7 Å². The summed E-state index contributed by atoms with van der Waals surface area (Å²) < 4.78 is 32.0. The van der Waals surface area contributed by atoms with Crippen molar-refractivity contribution < 1.29 is 27.8 Å². The topological polar surface area (TPSA) is 174 Å². The van der Waals surface area contributed by atoms with Crippen LogP contribution in [0.4, 0.5) is 17.1 Å². The number of ether oxygens (including phenoxy) is 1. The molecule has 4 rings (SSSR count). The van der Waals surface area contributed by atoms with E-state index in [0.717, 1.165) is 25.0 Å². The molecule has 0 spiro atoms. The highest BCUT2D eigenvalue weighted by Gasteiger charge is 2.29. The fraction of sp³-hybridized carbons (Fsp3) is 0.167. The minimum atomic E-state index is -3.81. The van der Waals surface area contributed by atoms with Gasteiger partial charge in [0.25, 0.3) is 11.4 Å². The minimum absolute atomic E-state index is 0.00845. The first-order valence-electron chi connectivity index (χ1n) is 11.3. The number of carbonyl (C=O) groups is 1. The highest BCUT2D eigenvalue weighted by Crippen LogP contribution is 2.30. The first kappa shape index (κ1) is 26.4. The molecule has 0 amide bonds. The van der Waals surface area contributed by atoms with Crippen LogP contribution in [0.3, 0.4) is 0 Å². The van der Waals surface area contributed by atoms with Crippen molar-refractivity contribution in [1.29, 1.82) is 0 Å². The Morgan fingerprint density at radius 2 is 1.68 bits per heavy atom. The Labute approximate surface area is 216 Å². The van der Waals surface area contributed by atoms with Gasteiger partial charge in [0, 0.05) is 31.3 Å². The van der Waals surface area contributed by atoms with Gasteiger partial charge in [0.15, 0.2) is 0 Å². The maximum atomic E-state index is 12.7. The summed E-state index contributed by atoms with van der Waals surface area (Å²) in [6.45, 7) is 0.764. The summed E-state index contributed by atoms with van der Waals surface area (Å²) in [6, 6.07) is 14.9. The number of nitro benzene ring substituents is 2. The Balaban J connectivity index is 1.42. The largest absolute Gasteiger partial charge is 0.423 e. The lowest BCUT2D eigenvalue weighted by molar-refractivity contribution is -0.384. The minimum Gasteiger partial charge on any atom is -0.423 e. The van der Waals surface area contributed by atoms with Crippen LogP contribution in [0.25, 0.3) is 0 Å². The zero-order chi connectivity index (χ0) is 27.3. The number of hydrazone groups is 1. The molecule has 0 unspecified atom stereocenters. The summed E-state index contributed by atoms with van der Waals surface area (Å²) in [6.07, 6.45) is 2.86. The monoisotopic (exact) mass is 539 g/mol. The van der Waals surface area contributed by atoms with Gasteiger partial charge in [-0.25, -0.2) is 13.2 Å². The maximum absolute atomic E-state index is 12.7. The molecule has 14 heteroatoms. The molecule has 1 saturated heterocycles. The van der Waals surface area contributed by atoms with Gasteiger partial charge in [0.1, 0.15) is 11.4 Å². The third-order valence-electron chi connectivity index (χ3n) is 5.65. The van der Waals surface area contributed by atoms with Gasteiger partial charge in [-0.05, 0) is 60.9 Å².